The van der Waals surface area contributed by atoms with Gasteiger partial charge in [-0.2, -0.15) is 0 Å². The van der Waals surface area contributed by atoms with Crippen molar-refractivity contribution in [3.63, 3.8) is 0 Å². The molecule has 2 aromatic carbocycles. The fraction of sp³-hybridized carbons (Fsp3) is 0. The molecule has 0 bridgehead atoms. The molecule has 2 aromatic rings. The van der Waals surface area contributed by atoms with Crippen molar-refractivity contribution >= 4 is 50.7 Å². The van der Waals surface area contributed by atoms with Crippen LogP contribution >= 0.6 is 39.1 Å². The molecule has 0 unspecified atom stereocenters. The number of benzene rings is 2. The molecule has 0 aliphatic carbocycles. The van der Waals surface area contributed by atoms with Gasteiger partial charge in [-0.25, -0.2) is 4.39 Å². The Hall–Kier alpha value is -1.10. The molecule has 0 atom stereocenters. The van der Waals surface area contributed by atoms with Crippen molar-refractivity contribution in [2.45, 2.75) is 0 Å². The number of carbonyl (C=O) groups excluding carboxylic acids is 1. The second-order valence-electron chi connectivity index (χ2n) is 3.71. The summed E-state index contributed by atoms with van der Waals surface area (Å²) >= 11 is 14.8. The maximum atomic E-state index is 13.5. The van der Waals surface area contributed by atoms with Crippen LogP contribution in [0.15, 0.2) is 40.9 Å². The van der Waals surface area contributed by atoms with E-state index in [0.29, 0.717) is 20.2 Å². The van der Waals surface area contributed by atoms with Crippen LogP contribution in [0.4, 0.5) is 10.1 Å². The lowest BCUT2D eigenvalue weighted by molar-refractivity contribution is 0.102. The van der Waals surface area contributed by atoms with E-state index in [0.717, 1.165) is 6.07 Å². The smallest absolute Gasteiger partial charge is 0.258 e. The molecule has 6 heteroatoms. The second kappa shape index (κ2) is 5.90. The molecule has 0 saturated carbocycles. The molecule has 0 aromatic heterocycles. The summed E-state index contributed by atoms with van der Waals surface area (Å²) in [6, 6.07) is 8.67. The molecule has 0 radical (unpaired) electrons. The van der Waals surface area contributed by atoms with E-state index in [-0.39, 0.29) is 5.56 Å². The van der Waals surface area contributed by atoms with Gasteiger partial charge in [-0.3, -0.25) is 4.79 Å². The van der Waals surface area contributed by atoms with Crippen molar-refractivity contribution in [3.05, 3.63) is 62.3 Å². The highest BCUT2D eigenvalue weighted by Gasteiger charge is 2.13. The molecule has 1 amide bonds. The monoisotopic (exact) mass is 361 g/mol. The Morgan fingerprint density at radius 2 is 1.89 bits per heavy atom. The van der Waals surface area contributed by atoms with E-state index < -0.39 is 11.7 Å². The number of anilines is 1. The molecular weight excluding hydrogens is 356 g/mol. The van der Waals surface area contributed by atoms with Gasteiger partial charge >= 0.3 is 0 Å². The van der Waals surface area contributed by atoms with Gasteiger partial charge in [0.05, 0.1) is 10.6 Å². The number of hydrogen-bond donors (Lipinski definition) is 1. The number of hydrogen-bond acceptors (Lipinski definition) is 1. The van der Waals surface area contributed by atoms with Gasteiger partial charge in [-0.15, -0.1) is 0 Å². The number of nitrogens with one attached hydrogen (secondary N) is 1. The van der Waals surface area contributed by atoms with Gasteiger partial charge in [-0.1, -0.05) is 23.2 Å². The van der Waals surface area contributed by atoms with Crippen LogP contribution in [0.25, 0.3) is 0 Å². The van der Waals surface area contributed by atoms with Gasteiger partial charge in [0.25, 0.3) is 5.91 Å². The Morgan fingerprint density at radius 3 is 2.58 bits per heavy atom. The van der Waals surface area contributed by atoms with Crippen LogP contribution in [0, 0.1) is 5.82 Å². The Bertz CT molecular complexity index is 649. The summed E-state index contributed by atoms with van der Waals surface area (Å²) in [7, 11) is 0. The Kier molecular flexibility index (Phi) is 4.45. The highest BCUT2D eigenvalue weighted by molar-refractivity contribution is 9.10. The number of amides is 1. The molecule has 0 aliphatic rings. The van der Waals surface area contributed by atoms with E-state index in [1.54, 1.807) is 18.2 Å². The molecule has 19 heavy (non-hydrogen) atoms. The zero-order valence-corrected chi connectivity index (χ0v) is 12.5. The van der Waals surface area contributed by atoms with Crippen molar-refractivity contribution < 1.29 is 9.18 Å². The molecule has 2 nitrogen and oxygen atoms in total. The largest absolute Gasteiger partial charge is 0.322 e. The van der Waals surface area contributed by atoms with Crippen LogP contribution in [-0.2, 0) is 0 Å². The zero-order valence-electron chi connectivity index (χ0n) is 9.38. The summed E-state index contributed by atoms with van der Waals surface area (Å²) in [5, 5.41) is 3.38. The van der Waals surface area contributed by atoms with Crippen LogP contribution in [-0.4, -0.2) is 5.91 Å². The molecular formula is C13H7BrCl2FNO. The Labute approximate surface area is 127 Å². The van der Waals surface area contributed by atoms with Gasteiger partial charge in [0, 0.05) is 15.2 Å². The zero-order chi connectivity index (χ0) is 14.0. The third-order valence-corrected chi connectivity index (χ3v) is 3.80. The minimum absolute atomic E-state index is 0.112. The van der Waals surface area contributed by atoms with Gasteiger partial charge in [-0.05, 0) is 52.3 Å². The average molecular weight is 363 g/mol. The lowest BCUT2D eigenvalue weighted by Crippen LogP contribution is -2.13. The highest BCUT2D eigenvalue weighted by atomic mass is 79.9. The summed E-state index contributed by atoms with van der Waals surface area (Å²) in [6.07, 6.45) is 0. The maximum absolute atomic E-state index is 13.5. The molecule has 0 aliphatic heterocycles. The first-order valence-electron chi connectivity index (χ1n) is 5.19. The van der Waals surface area contributed by atoms with Crippen molar-refractivity contribution in [3.8, 4) is 0 Å². The van der Waals surface area contributed by atoms with Crippen LogP contribution in [0.3, 0.4) is 0 Å². The molecule has 0 fully saturated rings. The van der Waals surface area contributed by atoms with Crippen LogP contribution < -0.4 is 5.32 Å². The highest BCUT2D eigenvalue weighted by Crippen LogP contribution is 2.26. The Balaban J connectivity index is 2.25. The summed E-state index contributed by atoms with van der Waals surface area (Å²) in [5.41, 5.74) is 0.388. The number of carbonyl (C=O) groups is 1. The standard InChI is InChI=1S/C13H7BrCl2FNO/c14-10-6-8(2-3-11(10)16)18-13(19)9-5-7(15)1-4-12(9)17/h1-6H,(H,18,19). The SMILES string of the molecule is O=C(Nc1ccc(Cl)c(Br)c1)c1cc(Cl)ccc1F. The maximum Gasteiger partial charge on any atom is 0.258 e. The van der Waals surface area contributed by atoms with Crippen molar-refractivity contribution in [1.29, 1.82) is 0 Å². The third kappa shape index (κ3) is 3.47. The van der Waals surface area contributed by atoms with Crippen LogP contribution in [0.1, 0.15) is 10.4 Å². The summed E-state index contributed by atoms with van der Waals surface area (Å²) in [4.78, 5) is 11.9. The van der Waals surface area contributed by atoms with E-state index in [9.17, 15) is 9.18 Å². The molecule has 0 saturated heterocycles. The quantitative estimate of drug-likeness (QED) is 0.786. The first-order valence-corrected chi connectivity index (χ1v) is 6.74. The minimum atomic E-state index is -0.630. The second-order valence-corrected chi connectivity index (χ2v) is 5.41. The lowest BCUT2D eigenvalue weighted by atomic mass is 10.2. The molecule has 2 rings (SSSR count). The molecule has 98 valence electrons. The Morgan fingerprint density at radius 1 is 1.16 bits per heavy atom. The predicted octanol–water partition coefficient (Wildman–Crippen LogP) is 5.15. The van der Waals surface area contributed by atoms with Gasteiger partial charge < -0.3 is 5.32 Å². The lowest BCUT2D eigenvalue weighted by Gasteiger charge is -2.07. The van der Waals surface area contributed by atoms with Gasteiger partial charge in [0.2, 0.25) is 0 Å². The van der Waals surface area contributed by atoms with E-state index >= 15 is 0 Å². The average Bonchev–Trinajstić information content (AvgIpc) is 2.36. The minimum Gasteiger partial charge on any atom is -0.322 e. The first kappa shape index (κ1) is 14.3. The van der Waals surface area contributed by atoms with Gasteiger partial charge in [0.15, 0.2) is 0 Å². The van der Waals surface area contributed by atoms with E-state index in [4.69, 9.17) is 23.2 Å². The first-order chi connectivity index (χ1) is 8.97. The fourth-order valence-electron chi connectivity index (χ4n) is 1.44. The summed E-state index contributed by atoms with van der Waals surface area (Å²) < 4.78 is 14.2. The molecule has 0 heterocycles. The van der Waals surface area contributed by atoms with E-state index in [1.165, 1.54) is 12.1 Å². The number of rotatable bonds is 2. The third-order valence-electron chi connectivity index (χ3n) is 2.35. The van der Waals surface area contributed by atoms with Crippen LogP contribution in [0.2, 0.25) is 10.0 Å². The molecule has 1 N–H and O–H groups in total. The summed E-state index contributed by atoms with van der Waals surface area (Å²) in [5.74, 6) is -1.20. The van der Waals surface area contributed by atoms with Crippen molar-refractivity contribution in [1.82, 2.24) is 0 Å². The predicted molar refractivity (Wildman–Crippen MR) is 78.5 cm³/mol. The van der Waals surface area contributed by atoms with Crippen molar-refractivity contribution in [2.75, 3.05) is 5.32 Å². The summed E-state index contributed by atoms with van der Waals surface area (Å²) in [6.45, 7) is 0. The fourth-order valence-corrected chi connectivity index (χ4v) is 2.11. The van der Waals surface area contributed by atoms with Gasteiger partial charge in [0.1, 0.15) is 5.82 Å². The number of halogens is 4. The molecule has 0 spiro atoms. The van der Waals surface area contributed by atoms with E-state index in [2.05, 4.69) is 21.2 Å². The topological polar surface area (TPSA) is 29.1 Å². The van der Waals surface area contributed by atoms with Crippen LogP contribution in [0.5, 0.6) is 0 Å². The van der Waals surface area contributed by atoms with Crippen molar-refractivity contribution in [2.24, 2.45) is 0 Å². The van der Waals surface area contributed by atoms with E-state index in [1.807, 2.05) is 0 Å². The normalized spacial score (nSPS) is 10.3.